The van der Waals surface area contributed by atoms with E-state index in [2.05, 4.69) is 20.7 Å². The highest BCUT2D eigenvalue weighted by Gasteiger charge is 2.24. The fourth-order valence-corrected chi connectivity index (χ4v) is 4.11. The molecule has 162 valence electrons. The number of aryl methyl sites for hydroxylation is 1. The lowest BCUT2D eigenvalue weighted by atomic mass is 10.2. The predicted molar refractivity (Wildman–Crippen MR) is 118 cm³/mol. The molecule has 4 aromatic rings. The topological polar surface area (TPSA) is 104 Å². The molecule has 0 bridgehead atoms. The largest absolute Gasteiger partial charge is 0.454 e. The first-order valence-corrected chi connectivity index (χ1v) is 10.8. The van der Waals surface area contributed by atoms with E-state index in [1.54, 1.807) is 19.9 Å². The Morgan fingerprint density at radius 3 is 2.69 bits per heavy atom. The number of rotatable bonds is 6. The highest BCUT2D eigenvalue weighted by Crippen LogP contribution is 2.37. The summed E-state index contributed by atoms with van der Waals surface area (Å²) < 4.78 is 17.9. The summed E-state index contributed by atoms with van der Waals surface area (Å²) >= 11 is 1.30. The van der Waals surface area contributed by atoms with Crippen molar-refractivity contribution in [3.05, 3.63) is 60.4 Å². The molecule has 9 nitrogen and oxygen atoms in total. The molecule has 1 atom stereocenters. The van der Waals surface area contributed by atoms with Crippen molar-refractivity contribution in [3.8, 4) is 28.6 Å². The zero-order valence-corrected chi connectivity index (χ0v) is 18.1. The lowest BCUT2D eigenvalue weighted by Crippen LogP contribution is -2.23. The van der Waals surface area contributed by atoms with E-state index in [9.17, 15) is 4.79 Å². The number of para-hydroxylation sites is 1. The van der Waals surface area contributed by atoms with Gasteiger partial charge in [0.15, 0.2) is 28.3 Å². The summed E-state index contributed by atoms with van der Waals surface area (Å²) in [6, 6.07) is 17.1. The van der Waals surface area contributed by atoms with Crippen LogP contribution >= 0.6 is 11.8 Å². The number of benzene rings is 2. The van der Waals surface area contributed by atoms with Crippen molar-refractivity contribution in [3.63, 3.8) is 0 Å². The first-order chi connectivity index (χ1) is 15.6. The van der Waals surface area contributed by atoms with Gasteiger partial charge in [0.05, 0.1) is 5.25 Å². The number of ether oxygens (including phenoxy) is 2. The Morgan fingerprint density at radius 1 is 1.09 bits per heavy atom. The molecule has 0 saturated carbocycles. The summed E-state index contributed by atoms with van der Waals surface area (Å²) in [5.41, 5.74) is 1.71. The molecule has 1 amide bonds. The summed E-state index contributed by atoms with van der Waals surface area (Å²) in [4.78, 5) is 12.7. The predicted octanol–water partition coefficient (Wildman–Crippen LogP) is 4.08. The molecule has 1 unspecified atom stereocenters. The Balaban J connectivity index is 1.46. The fraction of sp³-hybridized carbons (Fsp3) is 0.182. The van der Waals surface area contributed by atoms with Gasteiger partial charge in [-0.2, -0.15) is 0 Å². The lowest BCUT2D eigenvalue weighted by Gasteiger charge is -2.13. The van der Waals surface area contributed by atoms with Crippen LogP contribution in [-0.2, 0) is 4.79 Å². The number of thioether (sulfide) groups is 1. The molecule has 1 aliphatic rings. The molecule has 1 aliphatic heterocycles. The van der Waals surface area contributed by atoms with Crippen molar-refractivity contribution in [2.24, 2.45) is 0 Å². The summed E-state index contributed by atoms with van der Waals surface area (Å²) in [5, 5.41) is 15.5. The minimum Gasteiger partial charge on any atom is -0.454 e. The number of fused-ring (bicyclic) bond motifs is 1. The first kappa shape index (κ1) is 20.1. The Bertz CT molecular complexity index is 1270. The maximum atomic E-state index is 12.7. The van der Waals surface area contributed by atoms with Gasteiger partial charge in [-0.25, -0.2) is 0 Å². The highest BCUT2D eigenvalue weighted by atomic mass is 32.2. The zero-order valence-electron chi connectivity index (χ0n) is 17.3. The van der Waals surface area contributed by atoms with Crippen molar-refractivity contribution < 1.29 is 18.8 Å². The van der Waals surface area contributed by atoms with E-state index in [-0.39, 0.29) is 12.7 Å². The van der Waals surface area contributed by atoms with Gasteiger partial charge in [0.25, 0.3) is 0 Å². The number of carbonyl (C=O) groups is 1. The molecule has 0 aliphatic carbocycles. The van der Waals surface area contributed by atoms with Gasteiger partial charge in [-0.3, -0.25) is 9.36 Å². The number of nitrogens with one attached hydrogen (secondary N) is 1. The minimum atomic E-state index is -0.455. The van der Waals surface area contributed by atoms with Crippen LogP contribution in [0.25, 0.3) is 17.1 Å². The van der Waals surface area contributed by atoms with Crippen LogP contribution in [0.2, 0.25) is 0 Å². The summed E-state index contributed by atoms with van der Waals surface area (Å²) in [7, 11) is 0. The number of carbonyl (C=O) groups excluding carboxylic acids is 1. The van der Waals surface area contributed by atoms with Gasteiger partial charge < -0.3 is 19.3 Å². The van der Waals surface area contributed by atoms with E-state index in [4.69, 9.17) is 14.0 Å². The molecule has 0 spiro atoms. The molecule has 5 rings (SSSR count). The second-order valence-electron chi connectivity index (χ2n) is 7.12. The molecule has 1 N–H and O–H groups in total. The third-order valence-corrected chi connectivity index (χ3v) is 5.85. The Morgan fingerprint density at radius 2 is 1.91 bits per heavy atom. The molecule has 0 saturated heterocycles. The monoisotopic (exact) mass is 449 g/mol. The second kappa shape index (κ2) is 8.39. The standard InChI is InChI=1S/C22H19N5O4S/c1-13-10-19(26-31-13)23-21(28)14(2)32-22-25-24-20(27(22)16-6-4-3-5-7-16)15-8-9-17-18(11-15)30-12-29-17/h3-11,14H,12H2,1-2H3,(H,23,26,28). The molecule has 2 aromatic heterocycles. The smallest absolute Gasteiger partial charge is 0.238 e. The van der Waals surface area contributed by atoms with Crippen LogP contribution in [-0.4, -0.2) is 37.9 Å². The van der Waals surface area contributed by atoms with Crippen molar-refractivity contribution in [2.75, 3.05) is 12.1 Å². The Hall–Kier alpha value is -3.79. The lowest BCUT2D eigenvalue weighted by molar-refractivity contribution is -0.115. The van der Waals surface area contributed by atoms with Crippen LogP contribution in [0.4, 0.5) is 5.82 Å². The average Bonchev–Trinajstić information content (AvgIpc) is 3.53. The van der Waals surface area contributed by atoms with Gasteiger partial charge in [-0.1, -0.05) is 35.1 Å². The summed E-state index contributed by atoms with van der Waals surface area (Å²) in [5.74, 6) is 2.79. The van der Waals surface area contributed by atoms with Gasteiger partial charge in [-0.05, 0) is 44.2 Å². The van der Waals surface area contributed by atoms with Gasteiger partial charge >= 0.3 is 0 Å². The number of anilines is 1. The molecule has 10 heteroatoms. The van der Waals surface area contributed by atoms with Gasteiger partial charge in [-0.15, -0.1) is 10.2 Å². The van der Waals surface area contributed by atoms with E-state index in [1.165, 1.54) is 11.8 Å². The molecule has 32 heavy (non-hydrogen) atoms. The third kappa shape index (κ3) is 3.92. The first-order valence-electron chi connectivity index (χ1n) is 9.90. The van der Waals surface area contributed by atoms with Crippen molar-refractivity contribution >= 4 is 23.5 Å². The SMILES string of the molecule is Cc1cc(NC(=O)C(C)Sc2nnc(-c3ccc4c(c3)OCO4)n2-c2ccccc2)no1. The average molecular weight is 449 g/mol. The molecule has 0 fully saturated rings. The Labute approximate surface area is 187 Å². The normalized spacial score (nSPS) is 13.2. The van der Waals surface area contributed by atoms with Crippen LogP contribution in [0.3, 0.4) is 0 Å². The van der Waals surface area contributed by atoms with Crippen molar-refractivity contribution in [1.82, 2.24) is 19.9 Å². The van der Waals surface area contributed by atoms with Gasteiger partial charge in [0, 0.05) is 17.3 Å². The minimum absolute atomic E-state index is 0.197. The molecular weight excluding hydrogens is 430 g/mol. The number of hydrogen-bond acceptors (Lipinski definition) is 8. The quantitative estimate of drug-likeness (QED) is 0.439. The Kier molecular flexibility index (Phi) is 5.28. The number of amides is 1. The fourth-order valence-electron chi connectivity index (χ4n) is 3.24. The zero-order chi connectivity index (χ0) is 22.1. The second-order valence-corrected chi connectivity index (χ2v) is 8.43. The maximum Gasteiger partial charge on any atom is 0.238 e. The van der Waals surface area contributed by atoms with E-state index >= 15 is 0 Å². The van der Waals surface area contributed by atoms with E-state index in [0.717, 1.165) is 11.3 Å². The highest BCUT2D eigenvalue weighted by molar-refractivity contribution is 8.00. The molecule has 3 heterocycles. The molecular formula is C22H19N5O4S. The summed E-state index contributed by atoms with van der Waals surface area (Å²) in [6.45, 7) is 3.76. The third-order valence-electron chi connectivity index (χ3n) is 4.81. The van der Waals surface area contributed by atoms with Crippen LogP contribution < -0.4 is 14.8 Å². The van der Waals surface area contributed by atoms with Gasteiger partial charge in [0.1, 0.15) is 5.76 Å². The van der Waals surface area contributed by atoms with Crippen LogP contribution in [0.1, 0.15) is 12.7 Å². The van der Waals surface area contributed by atoms with Crippen LogP contribution in [0.15, 0.2) is 64.3 Å². The van der Waals surface area contributed by atoms with Gasteiger partial charge in [0.2, 0.25) is 12.7 Å². The molecule has 2 aromatic carbocycles. The maximum absolute atomic E-state index is 12.7. The van der Waals surface area contributed by atoms with E-state index in [0.29, 0.717) is 34.1 Å². The van der Waals surface area contributed by atoms with E-state index < -0.39 is 5.25 Å². The van der Waals surface area contributed by atoms with Crippen molar-refractivity contribution in [1.29, 1.82) is 0 Å². The number of hydrogen-bond donors (Lipinski definition) is 1. The number of nitrogens with zero attached hydrogens (tertiary/aromatic N) is 4. The van der Waals surface area contributed by atoms with Crippen LogP contribution in [0.5, 0.6) is 11.5 Å². The van der Waals surface area contributed by atoms with E-state index in [1.807, 2.05) is 53.1 Å². The number of aromatic nitrogens is 4. The van der Waals surface area contributed by atoms with Crippen LogP contribution in [0, 0.1) is 6.92 Å². The van der Waals surface area contributed by atoms with Crippen molar-refractivity contribution in [2.45, 2.75) is 24.3 Å². The summed E-state index contributed by atoms with van der Waals surface area (Å²) in [6.07, 6.45) is 0. The molecule has 0 radical (unpaired) electrons.